The second-order valence-electron chi connectivity index (χ2n) is 4.86. The molecule has 2 rings (SSSR count). The molecule has 0 aliphatic carbocycles. The van der Waals surface area contributed by atoms with E-state index in [1.807, 2.05) is 6.92 Å². The van der Waals surface area contributed by atoms with Crippen LogP contribution in [0.25, 0.3) is 0 Å². The third kappa shape index (κ3) is 3.36. The molecule has 5 nitrogen and oxygen atoms in total. The zero-order valence-electron chi connectivity index (χ0n) is 11.6. The molecule has 0 saturated carbocycles. The molecule has 1 aromatic carbocycles. The minimum atomic E-state index is -1.04. The van der Waals surface area contributed by atoms with Gasteiger partial charge in [-0.2, -0.15) is 0 Å². The molecule has 108 valence electrons. The summed E-state index contributed by atoms with van der Waals surface area (Å²) >= 11 is 0. The molecule has 1 fully saturated rings. The molecule has 1 heterocycles. The van der Waals surface area contributed by atoms with Gasteiger partial charge in [-0.15, -0.1) is 0 Å². The standard InChI is InChI=1S/C15H19NO4/c1-2-20-14-6-5-11(15(18)19)9-12(14)13(17)10-16-7-3-4-8-16/h5-6,9H,2-4,7-8,10H2,1H3,(H,18,19). The van der Waals surface area contributed by atoms with E-state index in [0.717, 1.165) is 25.9 Å². The van der Waals surface area contributed by atoms with E-state index in [0.29, 0.717) is 24.5 Å². The van der Waals surface area contributed by atoms with Gasteiger partial charge in [0, 0.05) is 0 Å². The SMILES string of the molecule is CCOc1ccc(C(=O)O)cc1C(=O)CN1CCCC1. The Labute approximate surface area is 118 Å². The van der Waals surface area contributed by atoms with Gasteiger partial charge in [-0.25, -0.2) is 4.79 Å². The summed E-state index contributed by atoms with van der Waals surface area (Å²) in [5.41, 5.74) is 0.469. The van der Waals surface area contributed by atoms with Gasteiger partial charge >= 0.3 is 5.97 Å². The molecule has 20 heavy (non-hydrogen) atoms. The van der Waals surface area contributed by atoms with Crippen molar-refractivity contribution in [1.29, 1.82) is 0 Å². The van der Waals surface area contributed by atoms with Crippen molar-refractivity contribution in [2.24, 2.45) is 0 Å². The van der Waals surface area contributed by atoms with Crippen LogP contribution in [-0.2, 0) is 0 Å². The molecule has 0 atom stereocenters. The Bertz CT molecular complexity index is 507. The van der Waals surface area contributed by atoms with Gasteiger partial charge in [-0.1, -0.05) is 0 Å². The zero-order valence-corrected chi connectivity index (χ0v) is 11.6. The lowest BCUT2D eigenvalue weighted by molar-refractivity contribution is 0.0697. The summed E-state index contributed by atoms with van der Waals surface area (Å²) in [6, 6.07) is 4.43. The van der Waals surface area contributed by atoms with Crippen molar-refractivity contribution >= 4 is 11.8 Å². The maximum Gasteiger partial charge on any atom is 0.335 e. The molecule has 5 heteroatoms. The average molecular weight is 277 g/mol. The number of carbonyl (C=O) groups is 2. The van der Waals surface area contributed by atoms with Crippen molar-refractivity contribution in [3.63, 3.8) is 0 Å². The van der Waals surface area contributed by atoms with E-state index < -0.39 is 5.97 Å². The molecule has 0 amide bonds. The molecule has 1 N–H and O–H groups in total. The summed E-state index contributed by atoms with van der Waals surface area (Å²) in [6.07, 6.45) is 2.22. The molecular formula is C15H19NO4. The second-order valence-corrected chi connectivity index (χ2v) is 4.86. The monoisotopic (exact) mass is 277 g/mol. The van der Waals surface area contributed by atoms with Crippen molar-refractivity contribution in [2.45, 2.75) is 19.8 Å². The summed E-state index contributed by atoms with van der Waals surface area (Å²) in [5.74, 6) is -0.664. The van der Waals surface area contributed by atoms with Crippen molar-refractivity contribution in [3.8, 4) is 5.75 Å². The number of aromatic carboxylic acids is 1. The number of carbonyl (C=O) groups excluding carboxylic acids is 1. The van der Waals surface area contributed by atoms with Crippen LogP contribution in [-0.4, -0.2) is 48.0 Å². The summed E-state index contributed by atoms with van der Waals surface area (Å²) in [4.78, 5) is 25.5. The van der Waals surface area contributed by atoms with Crippen LogP contribution in [0.5, 0.6) is 5.75 Å². The van der Waals surface area contributed by atoms with Crippen LogP contribution in [0.3, 0.4) is 0 Å². The lowest BCUT2D eigenvalue weighted by Crippen LogP contribution is -2.27. The summed E-state index contributed by atoms with van der Waals surface area (Å²) in [6.45, 7) is 4.45. The fourth-order valence-corrected chi connectivity index (χ4v) is 2.39. The van der Waals surface area contributed by atoms with Crippen LogP contribution in [0, 0.1) is 0 Å². The van der Waals surface area contributed by atoms with E-state index in [4.69, 9.17) is 9.84 Å². The lowest BCUT2D eigenvalue weighted by atomic mass is 10.1. The van der Waals surface area contributed by atoms with Crippen molar-refractivity contribution in [1.82, 2.24) is 4.90 Å². The molecule has 0 bridgehead atoms. The van der Waals surface area contributed by atoms with E-state index in [2.05, 4.69) is 4.90 Å². The highest BCUT2D eigenvalue weighted by atomic mass is 16.5. The predicted octanol–water partition coefficient (Wildman–Crippen LogP) is 2.06. The number of ether oxygens (including phenoxy) is 1. The largest absolute Gasteiger partial charge is 0.493 e. The van der Waals surface area contributed by atoms with Crippen LogP contribution in [0.1, 0.15) is 40.5 Å². The van der Waals surface area contributed by atoms with Crippen LogP contribution in [0.15, 0.2) is 18.2 Å². The maximum atomic E-state index is 12.4. The van der Waals surface area contributed by atoms with Crippen LogP contribution >= 0.6 is 0 Å². The number of Topliss-reactive ketones (excluding diaryl/α,β-unsaturated/α-hetero) is 1. The number of carboxylic acid groups (broad SMARTS) is 1. The third-order valence-electron chi connectivity index (χ3n) is 3.39. The first-order valence-corrected chi connectivity index (χ1v) is 6.87. The summed E-state index contributed by atoms with van der Waals surface area (Å²) in [5, 5.41) is 9.03. The van der Waals surface area contributed by atoms with E-state index in [9.17, 15) is 9.59 Å². The van der Waals surface area contributed by atoms with E-state index in [1.54, 1.807) is 6.07 Å². The first-order chi connectivity index (χ1) is 9.61. The Hall–Kier alpha value is -1.88. The minimum absolute atomic E-state index is 0.0848. The Morgan fingerprint density at radius 3 is 2.60 bits per heavy atom. The van der Waals surface area contributed by atoms with Gasteiger partial charge in [-0.05, 0) is 51.1 Å². The fourth-order valence-electron chi connectivity index (χ4n) is 2.39. The number of ketones is 1. The molecule has 1 aliphatic heterocycles. The van der Waals surface area contributed by atoms with Gasteiger partial charge < -0.3 is 9.84 Å². The van der Waals surface area contributed by atoms with Crippen molar-refractivity contribution < 1.29 is 19.4 Å². The molecule has 0 unspecified atom stereocenters. The van der Waals surface area contributed by atoms with Gasteiger partial charge in [0.15, 0.2) is 5.78 Å². The number of nitrogens with zero attached hydrogens (tertiary/aromatic N) is 1. The van der Waals surface area contributed by atoms with Gasteiger partial charge in [0.25, 0.3) is 0 Å². The zero-order chi connectivity index (χ0) is 14.5. The predicted molar refractivity (Wildman–Crippen MR) is 74.6 cm³/mol. The summed E-state index contributed by atoms with van der Waals surface area (Å²) in [7, 11) is 0. The quantitative estimate of drug-likeness (QED) is 0.806. The van der Waals surface area contributed by atoms with Gasteiger partial charge in [0.2, 0.25) is 0 Å². The topological polar surface area (TPSA) is 66.8 Å². The molecule has 1 saturated heterocycles. The fraction of sp³-hybridized carbons (Fsp3) is 0.467. The first kappa shape index (κ1) is 14.5. The number of rotatable bonds is 6. The van der Waals surface area contributed by atoms with Crippen LogP contribution in [0.4, 0.5) is 0 Å². The Morgan fingerprint density at radius 2 is 2.00 bits per heavy atom. The number of benzene rings is 1. The van der Waals surface area contributed by atoms with Gasteiger partial charge in [-0.3, -0.25) is 9.69 Å². The highest BCUT2D eigenvalue weighted by molar-refractivity contribution is 6.02. The van der Waals surface area contributed by atoms with E-state index >= 15 is 0 Å². The lowest BCUT2D eigenvalue weighted by Gasteiger charge is -2.15. The molecular weight excluding hydrogens is 258 g/mol. The van der Waals surface area contributed by atoms with Gasteiger partial charge in [0.1, 0.15) is 5.75 Å². The normalized spacial score (nSPS) is 15.2. The number of carboxylic acids is 1. The smallest absolute Gasteiger partial charge is 0.335 e. The van der Waals surface area contributed by atoms with Crippen molar-refractivity contribution in [3.05, 3.63) is 29.3 Å². The molecule has 0 spiro atoms. The van der Waals surface area contributed by atoms with E-state index in [-0.39, 0.29) is 11.3 Å². The first-order valence-electron chi connectivity index (χ1n) is 6.87. The number of likely N-dealkylation sites (tertiary alicyclic amines) is 1. The van der Waals surface area contributed by atoms with Crippen LogP contribution in [0.2, 0.25) is 0 Å². The third-order valence-corrected chi connectivity index (χ3v) is 3.39. The van der Waals surface area contributed by atoms with Crippen LogP contribution < -0.4 is 4.74 Å². The minimum Gasteiger partial charge on any atom is -0.493 e. The molecule has 1 aliphatic rings. The highest BCUT2D eigenvalue weighted by Crippen LogP contribution is 2.22. The Morgan fingerprint density at radius 1 is 1.30 bits per heavy atom. The number of hydrogen-bond donors (Lipinski definition) is 1. The maximum absolute atomic E-state index is 12.4. The average Bonchev–Trinajstić information content (AvgIpc) is 2.92. The molecule has 0 radical (unpaired) electrons. The number of hydrogen-bond acceptors (Lipinski definition) is 4. The Balaban J connectivity index is 2.23. The van der Waals surface area contributed by atoms with Crippen molar-refractivity contribution in [2.75, 3.05) is 26.2 Å². The summed E-state index contributed by atoms with van der Waals surface area (Å²) < 4.78 is 5.43. The molecule has 1 aromatic rings. The highest BCUT2D eigenvalue weighted by Gasteiger charge is 2.20. The Kier molecular flexibility index (Phi) is 4.74. The van der Waals surface area contributed by atoms with Gasteiger partial charge in [0.05, 0.1) is 24.3 Å². The molecule has 0 aromatic heterocycles. The van der Waals surface area contributed by atoms with E-state index in [1.165, 1.54) is 12.1 Å². The second kappa shape index (κ2) is 6.52.